The second kappa shape index (κ2) is 7.25. The van der Waals surface area contributed by atoms with Crippen molar-refractivity contribution in [1.82, 2.24) is 10.2 Å². The molecule has 2 N–H and O–H groups in total. The summed E-state index contributed by atoms with van der Waals surface area (Å²) in [4.78, 5) is 14.6. The lowest BCUT2D eigenvalue weighted by Crippen LogP contribution is -2.52. The van der Waals surface area contributed by atoms with E-state index in [0.29, 0.717) is 17.8 Å². The molecule has 132 valence electrons. The van der Waals surface area contributed by atoms with Crippen molar-refractivity contribution in [3.8, 4) is 0 Å². The van der Waals surface area contributed by atoms with Crippen LogP contribution in [0.2, 0.25) is 0 Å². The molecule has 1 fully saturated rings. The molecule has 0 aromatic heterocycles. The number of hydrogen-bond acceptors (Lipinski definition) is 4. The normalized spacial score (nSPS) is 18.0. The summed E-state index contributed by atoms with van der Waals surface area (Å²) in [6, 6.07) is 14.8. The predicted molar refractivity (Wildman–Crippen MR) is 97.1 cm³/mol. The van der Waals surface area contributed by atoms with Crippen LogP contribution in [0, 0.1) is 0 Å². The summed E-state index contributed by atoms with van der Waals surface area (Å²) < 4.78 is 27.2. The number of carbonyl (C=O) groups is 1. The molecule has 25 heavy (non-hydrogen) atoms. The summed E-state index contributed by atoms with van der Waals surface area (Å²) in [6.45, 7) is 4.24. The van der Waals surface area contributed by atoms with Crippen LogP contribution in [0.15, 0.2) is 59.5 Å². The molecule has 7 heteroatoms. The number of piperazine rings is 1. The Morgan fingerprint density at radius 2 is 1.80 bits per heavy atom. The zero-order valence-electron chi connectivity index (χ0n) is 14.0. The zero-order chi connectivity index (χ0) is 17.9. The topological polar surface area (TPSA) is 78.5 Å². The van der Waals surface area contributed by atoms with Crippen LogP contribution in [-0.2, 0) is 10.0 Å². The predicted octanol–water partition coefficient (Wildman–Crippen LogP) is 1.92. The van der Waals surface area contributed by atoms with E-state index in [9.17, 15) is 13.2 Å². The van der Waals surface area contributed by atoms with Gasteiger partial charge in [0.1, 0.15) is 0 Å². The van der Waals surface area contributed by atoms with Gasteiger partial charge in [0.15, 0.2) is 0 Å². The number of amides is 1. The van der Waals surface area contributed by atoms with Gasteiger partial charge in [-0.3, -0.25) is 9.52 Å². The minimum Gasteiger partial charge on any atom is -0.333 e. The Labute approximate surface area is 147 Å². The molecule has 1 saturated heterocycles. The van der Waals surface area contributed by atoms with E-state index in [-0.39, 0.29) is 16.8 Å². The molecule has 3 rings (SSSR count). The average molecular weight is 359 g/mol. The number of nitrogens with one attached hydrogen (secondary N) is 2. The number of rotatable bonds is 4. The number of nitrogens with zero attached hydrogens (tertiary/aromatic N) is 1. The molecule has 0 saturated carbocycles. The molecular weight excluding hydrogens is 338 g/mol. The van der Waals surface area contributed by atoms with Gasteiger partial charge < -0.3 is 10.2 Å². The molecule has 1 heterocycles. The van der Waals surface area contributed by atoms with Crippen molar-refractivity contribution in [2.75, 3.05) is 24.4 Å². The maximum absolute atomic E-state index is 12.6. The molecule has 0 aliphatic carbocycles. The van der Waals surface area contributed by atoms with Crippen LogP contribution in [0.4, 0.5) is 5.69 Å². The van der Waals surface area contributed by atoms with Gasteiger partial charge >= 0.3 is 0 Å². The van der Waals surface area contributed by atoms with Crippen molar-refractivity contribution in [3.63, 3.8) is 0 Å². The smallest absolute Gasteiger partial charge is 0.261 e. The van der Waals surface area contributed by atoms with Crippen molar-refractivity contribution >= 4 is 21.6 Å². The van der Waals surface area contributed by atoms with Crippen LogP contribution in [0.3, 0.4) is 0 Å². The van der Waals surface area contributed by atoms with Crippen molar-refractivity contribution in [2.24, 2.45) is 0 Å². The van der Waals surface area contributed by atoms with E-state index in [4.69, 9.17) is 0 Å². The Bertz CT molecular complexity index is 836. The minimum absolute atomic E-state index is 0.0357. The highest BCUT2D eigenvalue weighted by atomic mass is 32.2. The first-order valence-corrected chi connectivity index (χ1v) is 9.65. The Balaban J connectivity index is 1.73. The molecule has 2 aromatic rings. The maximum atomic E-state index is 12.6. The van der Waals surface area contributed by atoms with E-state index in [1.54, 1.807) is 42.5 Å². The van der Waals surface area contributed by atoms with Crippen molar-refractivity contribution in [2.45, 2.75) is 17.9 Å². The third-order valence-corrected chi connectivity index (χ3v) is 5.60. The van der Waals surface area contributed by atoms with Crippen molar-refractivity contribution in [3.05, 3.63) is 60.2 Å². The van der Waals surface area contributed by atoms with Gasteiger partial charge in [-0.2, -0.15) is 0 Å². The number of sulfonamides is 1. The van der Waals surface area contributed by atoms with E-state index in [1.807, 2.05) is 11.8 Å². The van der Waals surface area contributed by atoms with E-state index < -0.39 is 10.0 Å². The molecule has 1 aliphatic heterocycles. The molecule has 6 nitrogen and oxygen atoms in total. The summed E-state index contributed by atoms with van der Waals surface area (Å²) in [5, 5.41) is 3.25. The lowest BCUT2D eigenvalue weighted by Gasteiger charge is -2.34. The average Bonchev–Trinajstić information content (AvgIpc) is 2.63. The van der Waals surface area contributed by atoms with Crippen LogP contribution in [0.25, 0.3) is 0 Å². The highest BCUT2D eigenvalue weighted by Gasteiger charge is 2.24. The molecule has 0 spiro atoms. The van der Waals surface area contributed by atoms with Gasteiger partial charge in [-0.15, -0.1) is 0 Å². The first-order valence-electron chi connectivity index (χ1n) is 8.17. The second-order valence-electron chi connectivity index (χ2n) is 6.05. The van der Waals surface area contributed by atoms with Crippen molar-refractivity contribution < 1.29 is 13.2 Å². The highest BCUT2D eigenvalue weighted by molar-refractivity contribution is 7.92. The second-order valence-corrected chi connectivity index (χ2v) is 7.73. The molecule has 0 radical (unpaired) electrons. The summed E-state index contributed by atoms with van der Waals surface area (Å²) >= 11 is 0. The number of hydrogen-bond donors (Lipinski definition) is 2. The minimum atomic E-state index is -3.63. The van der Waals surface area contributed by atoms with Crippen LogP contribution < -0.4 is 10.0 Å². The molecule has 1 aliphatic rings. The highest BCUT2D eigenvalue weighted by Crippen LogP contribution is 2.18. The molecule has 0 bridgehead atoms. The van der Waals surface area contributed by atoms with Gasteiger partial charge in [0, 0.05) is 36.9 Å². The fraction of sp³-hybridized carbons (Fsp3) is 0.278. The van der Waals surface area contributed by atoms with Gasteiger partial charge in [0.05, 0.1) is 4.90 Å². The Kier molecular flexibility index (Phi) is 5.06. The van der Waals surface area contributed by atoms with Crippen molar-refractivity contribution in [1.29, 1.82) is 0 Å². The zero-order valence-corrected chi connectivity index (χ0v) is 14.8. The summed E-state index contributed by atoms with van der Waals surface area (Å²) in [6.07, 6.45) is 0. The lowest BCUT2D eigenvalue weighted by molar-refractivity contribution is 0.0656. The quantitative estimate of drug-likeness (QED) is 0.874. The third-order valence-electron chi connectivity index (χ3n) is 4.20. The van der Waals surface area contributed by atoms with Crippen LogP contribution in [-0.4, -0.2) is 44.9 Å². The van der Waals surface area contributed by atoms with E-state index in [1.165, 1.54) is 12.1 Å². The van der Waals surface area contributed by atoms with Gasteiger partial charge in [0.2, 0.25) is 0 Å². The molecule has 2 aromatic carbocycles. The van der Waals surface area contributed by atoms with Gasteiger partial charge in [0.25, 0.3) is 15.9 Å². The first-order chi connectivity index (χ1) is 12.0. The Hall–Kier alpha value is -2.38. The van der Waals surface area contributed by atoms with Crippen LogP contribution in [0.5, 0.6) is 0 Å². The van der Waals surface area contributed by atoms with E-state index in [2.05, 4.69) is 10.0 Å². The lowest BCUT2D eigenvalue weighted by atomic mass is 10.1. The first kappa shape index (κ1) is 17.4. The SMILES string of the molecule is C[C@H]1CNCCN1C(=O)c1ccc(NS(=O)(=O)c2ccccc2)cc1. The van der Waals surface area contributed by atoms with Crippen LogP contribution >= 0.6 is 0 Å². The molecule has 1 amide bonds. The van der Waals surface area contributed by atoms with E-state index in [0.717, 1.165) is 13.1 Å². The standard InChI is InChI=1S/C18H21N3O3S/c1-14-13-19-11-12-21(14)18(22)15-7-9-16(10-8-15)20-25(23,24)17-5-3-2-4-6-17/h2-10,14,19-20H,11-13H2,1H3/t14-/m0/s1. The Morgan fingerprint density at radius 1 is 1.12 bits per heavy atom. The van der Waals surface area contributed by atoms with Gasteiger partial charge in [-0.25, -0.2) is 8.42 Å². The number of carbonyl (C=O) groups excluding carboxylic acids is 1. The molecule has 0 unspecified atom stereocenters. The number of benzene rings is 2. The fourth-order valence-electron chi connectivity index (χ4n) is 2.80. The maximum Gasteiger partial charge on any atom is 0.261 e. The summed E-state index contributed by atoms with van der Waals surface area (Å²) in [5.74, 6) is -0.0357. The van der Waals surface area contributed by atoms with E-state index >= 15 is 0 Å². The van der Waals surface area contributed by atoms with Gasteiger partial charge in [-0.05, 0) is 43.3 Å². The third kappa shape index (κ3) is 4.00. The fourth-order valence-corrected chi connectivity index (χ4v) is 3.88. The molecular formula is C18H21N3O3S. The monoisotopic (exact) mass is 359 g/mol. The van der Waals surface area contributed by atoms with Gasteiger partial charge in [-0.1, -0.05) is 18.2 Å². The largest absolute Gasteiger partial charge is 0.333 e. The summed E-state index contributed by atoms with van der Waals surface area (Å²) in [5.41, 5.74) is 0.977. The summed E-state index contributed by atoms with van der Waals surface area (Å²) in [7, 11) is -3.63. The number of anilines is 1. The molecule has 1 atom stereocenters. The Morgan fingerprint density at radius 3 is 2.44 bits per heavy atom. The van der Waals surface area contributed by atoms with Crippen LogP contribution in [0.1, 0.15) is 17.3 Å².